The van der Waals surface area contributed by atoms with E-state index in [0.29, 0.717) is 21.8 Å². The van der Waals surface area contributed by atoms with E-state index in [1.54, 1.807) is 0 Å². The molecule has 1 atom stereocenters. The summed E-state index contributed by atoms with van der Waals surface area (Å²) in [5, 5.41) is 8.70. The van der Waals surface area contributed by atoms with E-state index in [0.717, 1.165) is 0 Å². The molecule has 4 N–H and O–H groups in total. The molecule has 0 aliphatic carbocycles. The lowest BCUT2D eigenvalue weighted by Gasteiger charge is -2.08. The van der Waals surface area contributed by atoms with Gasteiger partial charge >= 0.3 is 0 Å². The fourth-order valence-corrected chi connectivity index (χ4v) is 1.64. The van der Waals surface area contributed by atoms with E-state index in [2.05, 4.69) is 0 Å². The van der Waals surface area contributed by atoms with Crippen LogP contribution in [0, 0.1) is 11.3 Å². The molecule has 0 saturated heterocycles. The summed E-state index contributed by atoms with van der Waals surface area (Å²) in [6, 6.07) is 4.83. The van der Waals surface area contributed by atoms with E-state index < -0.39 is 11.2 Å². The zero-order chi connectivity index (χ0) is 10.0. The summed E-state index contributed by atoms with van der Waals surface area (Å²) in [4.78, 5) is 0.425. The standard InChI is InChI=1S/C8H9N3OS/c1-13(12)8-3-7(11)6(10)2-5(8)4-9/h2-3H,10-11H2,1H3. The Morgan fingerprint density at radius 2 is 1.92 bits per heavy atom. The minimum absolute atomic E-state index is 0.313. The summed E-state index contributed by atoms with van der Waals surface area (Å²) >= 11 is -1.22. The minimum atomic E-state index is -1.22. The van der Waals surface area contributed by atoms with Crippen molar-refractivity contribution >= 4 is 22.6 Å². The van der Waals surface area contributed by atoms with Crippen LogP contribution < -0.4 is 11.5 Å². The van der Waals surface area contributed by atoms with E-state index in [4.69, 9.17) is 16.7 Å². The van der Waals surface area contributed by atoms with Crippen molar-refractivity contribution in [2.24, 2.45) is 0 Å². The van der Waals surface area contributed by atoms with Crippen molar-refractivity contribution in [1.82, 2.24) is 0 Å². The van der Waals surface area contributed by atoms with Crippen LogP contribution in [0.5, 0.6) is 0 Å². The normalized spacial score (nSPS) is 12.1. The van der Waals surface area contributed by atoms with Crippen LogP contribution in [0.3, 0.4) is 0 Å². The van der Waals surface area contributed by atoms with Gasteiger partial charge in [-0.1, -0.05) is 0 Å². The van der Waals surface area contributed by atoms with Gasteiger partial charge in [-0.3, -0.25) is 0 Å². The Morgan fingerprint density at radius 3 is 2.38 bits per heavy atom. The molecule has 4 nitrogen and oxygen atoms in total. The molecule has 0 fully saturated rings. The number of nitriles is 1. The number of nitrogen functional groups attached to an aromatic ring is 2. The second-order valence-corrected chi connectivity index (χ2v) is 3.89. The highest BCUT2D eigenvalue weighted by Crippen LogP contribution is 2.23. The van der Waals surface area contributed by atoms with Crippen molar-refractivity contribution in [1.29, 1.82) is 5.26 Å². The third-order valence-corrected chi connectivity index (χ3v) is 2.57. The summed E-state index contributed by atoms with van der Waals surface area (Å²) in [5.41, 5.74) is 12.0. The maximum atomic E-state index is 11.2. The van der Waals surface area contributed by atoms with Crippen LogP contribution in [0.15, 0.2) is 17.0 Å². The average Bonchev–Trinajstić information content (AvgIpc) is 2.08. The molecule has 0 radical (unpaired) electrons. The molecule has 5 heteroatoms. The van der Waals surface area contributed by atoms with Crippen LogP contribution in [0.25, 0.3) is 0 Å². The molecule has 68 valence electrons. The van der Waals surface area contributed by atoms with Crippen molar-refractivity contribution in [2.75, 3.05) is 17.7 Å². The molecule has 0 bridgehead atoms. The maximum Gasteiger partial charge on any atom is 0.172 e. The topological polar surface area (TPSA) is 98.9 Å². The largest absolute Gasteiger partial charge is 0.612 e. The lowest BCUT2D eigenvalue weighted by molar-refractivity contribution is 0.600. The monoisotopic (exact) mass is 195 g/mol. The maximum absolute atomic E-state index is 11.2. The molecule has 0 heterocycles. The van der Waals surface area contributed by atoms with Gasteiger partial charge in [0.2, 0.25) is 0 Å². The molecule has 0 amide bonds. The van der Waals surface area contributed by atoms with Crippen LogP contribution in [0.1, 0.15) is 5.56 Å². The Morgan fingerprint density at radius 1 is 1.38 bits per heavy atom. The van der Waals surface area contributed by atoms with Gasteiger partial charge in [-0.05, 0) is 17.2 Å². The summed E-state index contributed by atoms with van der Waals surface area (Å²) in [6.07, 6.45) is 1.49. The van der Waals surface area contributed by atoms with Gasteiger partial charge in [0, 0.05) is 6.07 Å². The number of anilines is 2. The highest BCUT2D eigenvalue weighted by Gasteiger charge is 2.13. The third-order valence-electron chi connectivity index (χ3n) is 1.62. The van der Waals surface area contributed by atoms with Crippen molar-refractivity contribution < 1.29 is 4.55 Å². The fourth-order valence-electron chi connectivity index (χ4n) is 0.937. The highest BCUT2D eigenvalue weighted by atomic mass is 32.2. The van der Waals surface area contributed by atoms with Crippen LogP contribution in [0.4, 0.5) is 11.4 Å². The molecular weight excluding hydrogens is 186 g/mol. The molecule has 13 heavy (non-hydrogen) atoms. The molecule has 0 saturated carbocycles. The summed E-state index contributed by atoms with van der Waals surface area (Å²) in [6.45, 7) is 0. The Labute approximate surface area is 79.3 Å². The molecular formula is C8H9N3OS. The van der Waals surface area contributed by atoms with Crippen molar-refractivity contribution in [2.45, 2.75) is 4.90 Å². The van der Waals surface area contributed by atoms with Crippen LogP contribution in [-0.2, 0) is 11.2 Å². The van der Waals surface area contributed by atoms with Crippen molar-refractivity contribution in [3.63, 3.8) is 0 Å². The van der Waals surface area contributed by atoms with E-state index in [1.165, 1.54) is 18.4 Å². The predicted octanol–water partition coefficient (Wildman–Crippen LogP) is 0.460. The van der Waals surface area contributed by atoms with Crippen molar-refractivity contribution in [3.8, 4) is 6.07 Å². The molecule has 0 aromatic heterocycles. The van der Waals surface area contributed by atoms with E-state index in [1.807, 2.05) is 6.07 Å². The number of hydrogen-bond donors (Lipinski definition) is 2. The lowest BCUT2D eigenvalue weighted by Crippen LogP contribution is -2.04. The van der Waals surface area contributed by atoms with Gasteiger partial charge in [0.05, 0.1) is 11.4 Å². The molecule has 0 spiro atoms. The molecule has 1 aromatic rings. The molecule has 0 aliphatic heterocycles. The van der Waals surface area contributed by atoms with Gasteiger partial charge in [0.25, 0.3) is 0 Å². The lowest BCUT2D eigenvalue weighted by atomic mass is 10.2. The summed E-state index contributed by atoms with van der Waals surface area (Å²) in [5.74, 6) is 0. The van der Waals surface area contributed by atoms with E-state index in [-0.39, 0.29) is 0 Å². The summed E-state index contributed by atoms with van der Waals surface area (Å²) < 4.78 is 11.2. The van der Waals surface area contributed by atoms with Gasteiger partial charge in [-0.2, -0.15) is 5.26 Å². The fraction of sp³-hybridized carbons (Fsp3) is 0.125. The highest BCUT2D eigenvalue weighted by molar-refractivity contribution is 7.90. The van der Waals surface area contributed by atoms with Crippen LogP contribution >= 0.6 is 0 Å². The minimum Gasteiger partial charge on any atom is -0.612 e. The molecule has 1 unspecified atom stereocenters. The summed E-state index contributed by atoms with van der Waals surface area (Å²) in [7, 11) is 0. The molecule has 1 aromatic carbocycles. The van der Waals surface area contributed by atoms with Gasteiger partial charge < -0.3 is 16.0 Å². The van der Waals surface area contributed by atoms with Gasteiger partial charge in [0.1, 0.15) is 17.9 Å². The van der Waals surface area contributed by atoms with E-state index >= 15 is 0 Å². The first-order valence-corrected chi connectivity index (χ1v) is 5.04. The van der Waals surface area contributed by atoms with Crippen LogP contribution in [-0.4, -0.2) is 10.8 Å². The van der Waals surface area contributed by atoms with Crippen LogP contribution in [0.2, 0.25) is 0 Å². The zero-order valence-electron chi connectivity index (χ0n) is 7.07. The Bertz CT molecular complexity index is 370. The Kier molecular flexibility index (Phi) is 2.66. The number of nitrogens with zero attached hydrogens (tertiary/aromatic N) is 1. The first-order valence-electron chi connectivity index (χ1n) is 3.48. The molecule has 0 aliphatic rings. The van der Waals surface area contributed by atoms with E-state index in [9.17, 15) is 4.55 Å². The third kappa shape index (κ3) is 1.86. The average molecular weight is 195 g/mol. The first kappa shape index (κ1) is 9.71. The van der Waals surface area contributed by atoms with Gasteiger partial charge in [-0.25, -0.2) is 0 Å². The second-order valence-electron chi connectivity index (χ2n) is 2.54. The zero-order valence-corrected chi connectivity index (χ0v) is 7.89. The number of hydrogen-bond acceptors (Lipinski definition) is 4. The van der Waals surface area contributed by atoms with Gasteiger partial charge in [-0.15, -0.1) is 0 Å². The van der Waals surface area contributed by atoms with Gasteiger partial charge in [0.15, 0.2) is 4.90 Å². The SMILES string of the molecule is C[S+]([O-])c1cc(N)c(N)cc1C#N. The Hall–Kier alpha value is -1.38. The number of nitrogens with two attached hydrogens (primary N) is 2. The quantitative estimate of drug-likeness (QED) is 0.502. The molecule has 1 rings (SSSR count). The predicted molar refractivity (Wildman–Crippen MR) is 52.3 cm³/mol. The number of rotatable bonds is 1. The first-order chi connectivity index (χ1) is 6.06. The number of benzene rings is 1. The smallest absolute Gasteiger partial charge is 0.172 e. The Balaban J connectivity index is 3.35. The van der Waals surface area contributed by atoms with Crippen molar-refractivity contribution in [3.05, 3.63) is 17.7 Å². The second kappa shape index (κ2) is 3.56.